The number of nitrogens with zero attached hydrogens (tertiary/aromatic N) is 1. The molecule has 148 valence electrons. The van der Waals surface area contributed by atoms with E-state index in [4.69, 9.17) is 0 Å². The smallest absolute Gasteiger partial charge is 0.332 e. The largest absolute Gasteiger partial charge is 0.478 e. The van der Waals surface area contributed by atoms with Crippen LogP contribution in [-0.4, -0.2) is 32.1 Å². The van der Waals surface area contributed by atoms with Gasteiger partial charge in [0.15, 0.2) is 0 Å². The zero-order valence-electron chi connectivity index (χ0n) is 16.0. The van der Waals surface area contributed by atoms with Gasteiger partial charge in [-0.25, -0.2) is 14.6 Å². The summed E-state index contributed by atoms with van der Waals surface area (Å²) >= 11 is 0. The number of rotatable bonds is 8. The summed E-state index contributed by atoms with van der Waals surface area (Å²) in [6.45, 7) is 1.90. The van der Waals surface area contributed by atoms with Crippen molar-refractivity contribution in [2.24, 2.45) is 0 Å². The second-order valence-corrected chi connectivity index (χ2v) is 6.80. The maximum Gasteiger partial charge on any atom is 0.332 e. The van der Waals surface area contributed by atoms with Gasteiger partial charge in [-0.1, -0.05) is 54.6 Å². The first kappa shape index (κ1) is 20.1. The van der Waals surface area contributed by atoms with Crippen LogP contribution in [0.1, 0.15) is 29.3 Å². The Kier molecular flexibility index (Phi) is 6.24. The van der Waals surface area contributed by atoms with Crippen molar-refractivity contribution in [3.05, 3.63) is 89.5 Å². The summed E-state index contributed by atoms with van der Waals surface area (Å²) in [7, 11) is 0. The highest BCUT2D eigenvalue weighted by Gasteiger charge is 2.24. The number of carboxylic acids is 2. The molecule has 6 heteroatoms. The highest BCUT2D eigenvalue weighted by molar-refractivity contribution is 5.96. The molecule has 3 N–H and O–H groups in total. The van der Waals surface area contributed by atoms with Gasteiger partial charge in [-0.2, -0.15) is 0 Å². The van der Waals surface area contributed by atoms with Gasteiger partial charge in [0.25, 0.3) is 0 Å². The summed E-state index contributed by atoms with van der Waals surface area (Å²) in [5.41, 5.74) is 4.33. The summed E-state index contributed by atoms with van der Waals surface area (Å²) in [6, 6.07) is 17.3. The summed E-state index contributed by atoms with van der Waals surface area (Å²) < 4.78 is 0. The second kappa shape index (κ2) is 9.01. The highest BCUT2D eigenvalue weighted by Crippen LogP contribution is 2.32. The van der Waals surface area contributed by atoms with E-state index in [9.17, 15) is 19.8 Å². The van der Waals surface area contributed by atoms with E-state index in [1.807, 2.05) is 61.5 Å². The van der Waals surface area contributed by atoms with Crippen molar-refractivity contribution < 1.29 is 19.8 Å². The molecule has 6 nitrogen and oxygen atoms in total. The molecule has 1 unspecified atom stereocenters. The molecule has 0 radical (unpaired) electrons. The zero-order chi connectivity index (χ0) is 20.8. The maximum absolute atomic E-state index is 11.9. The highest BCUT2D eigenvalue weighted by atomic mass is 16.4. The van der Waals surface area contributed by atoms with Crippen LogP contribution in [0.4, 0.5) is 0 Å². The molecule has 0 bridgehead atoms. The van der Waals surface area contributed by atoms with Crippen LogP contribution in [0.3, 0.4) is 0 Å². The van der Waals surface area contributed by atoms with Crippen molar-refractivity contribution in [2.75, 3.05) is 0 Å². The van der Waals surface area contributed by atoms with Crippen molar-refractivity contribution in [3.63, 3.8) is 0 Å². The molecule has 2 aromatic carbocycles. The lowest BCUT2D eigenvalue weighted by atomic mass is 9.85. The van der Waals surface area contributed by atoms with E-state index < -0.39 is 17.9 Å². The number of aromatic nitrogens is 2. The van der Waals surface area contributed by atoms with E-state index in [-0.39, 0.29) is 5.57 Å². The number of H-pyrrole nitrogens is 1. The first-order valence-electron chi connectivity index (χ1n) is 9.27. The SMILES string of the molecule is Cc1[nH]cnc1CCC(/C(=C\C(=O)O)C(=O)O)c1cccc(-c2ccccc2)c1. The lowest BCUT2D eigenvalue weighted by molar-refractivity contribution is -0.135. The topological polar surface area (TPSA) is 103 Å². The van der Waals surface area contributed by atoms with Crippen molar-refractivity contribution in [1.82, 2.24) is 9.97 Å². The molecule has 0 spiro atoms. The molecule has 0 saturated heterocycles. The number of aromatic amines is 1. The van der Waals surface area contributed by atoms with Crippen molar-refractivity contribution >= 4 is 11.9 Å². The summed E-state index contributed by atoms with van der Waals surface area (Å²) in [4.78, 5) is 30.4. The van der Waals surface area contributed by atoms with E-state index >= 15 is 0 Å². The third kappa shape index (κ3) is 4.99. The van der Waals surface area contributed by atoms with Crippen LogP contribution in [0.2, 0.25) is 0 Å². The Hall–Kier alpha value is -3.67. The average Bonchev–Trinajstić information content (AvgIpc) is 3.12. The number of hydrogen-bond donors (Lipinski definition) is 3. The van der Waals surface area contributed by atoms with Crippen LogP contribution < -0.4 is 0 Å². The number of benzene rings is 2. The molecule has 1 heterocycles. The lowest BCUT2D eigenvalue weighted by Gasteiger charge is -2.19. The van der Waals surface area contributed by atoms with Gasteiger partial charge in [0.1, 0.15) is 0 Å². The Labute approximate surface area is 168 Å². The number of aryl methyl sites for hydroxylation is 2. The Balaban J connectivity index is 2.01. The Bertz CT molecular complexity index is 1040. The average molecular weight is 390 g/mol. The quantitative estimate of drug-likeness (QED) is 0.500. The van der Waals surface area contributed by atoms with Gasteiger partial charge in [0.05, 0.1) is 17.6 Å². The van der Waals surface area contributed by atoms with Gasteiger partial charge in [-0.05, 0) is 36.5 Å². The summed E-state index contributed by atoms with van der Waals surface area (Å²) in [5, 5.41) is 18.9. The first-order valence-corrected chi connectivity index (χ1v) is 9.27. The molecule has 0 aliphatic rings. The van der Waals surface area contributed by atoms with Crippen LogP contribution >= 0.6 is 0 Å². The molecule has 0 fully saturated rings. The third-order valence-corrected chi connectivity index (χ3v) is 4.90. The van der Waals surface area contributed by atoms with Gasteiger partial charge in [0.2, 0.25) is 0 Å². The lowest BCUT2D eigenvalue weighted by Crippen LogP contribution is -2.14. The molecule has 1 atom stereocenters. The summed E-state index contributed by atoms with van der Waals surface area (Å²) in [5.74, 6) is -3.09. The molecule has 29 heavy (non-hydrogen) atoms. The fourth-order valence-electron chi connectivity index (χ4n) is 3.43. The minimum Gasteiger partial charge on any atom is -0.478 e. The molecule has 0 saturated carbocycles. The Morgan fingerprint density at radius 2 is 1.79 bits per heavy atom. The predicted molar refractivity (Wildman–Crippen MR) is 110 cm³/mol. The number of carbonyl (C=O) groups is 2. The van der Waals surface area contributed by atoms with Crippen LogP contribution in [-0.2, 0) is 16.0 Å². The molecule has 0 aliphatic carbocycles. The molecule has 1 aromatic heterocycles. The van der Waals surface area contributed by atoms with Gasteiger partial charge in [-0.15, -0.1) is 0 Å². The summed E-state index contributed by atoms with van der Waals surface area (Å²) in [6.07, 6.45) is 3.34. The molecular weight excluding hydrogens is 368 g/mol. The normalized spacial score (nSPS) is 12.5. The molecule has 0 aliphatic heterocycles. The van der Waals surface area contributed by atoms with Crippen molar-refractivity contribution in [2.45, 2.75) is 25.7 Å². The number of nitrogens with one attached hydrogen (secondary N) is 1. The number of carboxylic acid groups (broad SMARTS) is 2. The number of imidazole rings is 1. The van der Waals surface area contributed by atoms with Gasteiger partial charge >= 0.3 is 11.9 Å². The van der Waals surface area contributed by atoms with E-state index in [1.54, 1.807) is 6.33 Å². The third-order valence-electron chi connectivity index (χ3n) is 4.90. The van der Waals surface area contributed by atoms with Crippen molar-refractivity contribution in [3.8, 4) is 11.1 Å². The van der Waals surface area contributed by atoms with Crippen molar-refractivity contribution in [1.29, 1.82) is 0 Å². The van der Waals surface area contributed by atoms with Crippen LogP contribution in [0, 0.1) is 6.92 Å². The standard InChI is InChI=1S/C23H22N2O4/c1-15-21(25-14-24-15)11-10-19(20(23(28)29)13-22(26)27)18-9-5-8-17(12-18)16-6-3-2-4-7-16/h2-9,12-14,19H,10-11H2,1H3,(H,24,25)(H,26,27)(H,28,29)/b20-13+. The zero-order valence-corrected chi connectivity index (χ0v) is 16.0. The van der Waals surface area contributed by atoms with Crippen LogP contribution in [0.5, 0.6) is 0 Å². The fourth-order valence-corrected chi connectivity index (χ4v) is 3.43. The predicted octanol–water partition coefficient (Wildman–Crippen LogP) is 4.20. The second-order valence-electron chi connectivity index (χ2n) is 6.80. The van der Waals surface area contributed by atoms with Crippen LogP contribution in [0.15, 0.2) is 72.6 Å². The molecule has 3 rings (SSSR count). The Morgan fingerprint density at radius 3 is 2.41 bits per heavy atom. The minimum absolute atomic E-state index is 0.143. The first-order chi connectivity index (χ1) is 14.0. The Morgan fingerprint density at radius 1 is 1.07 bits per heavy atom. The fraction of sp³-hybridized carbons (Fsp3) is 0.174. The maximum atomic E-state index is 11.9. The van der Waals surface area contributed by atoms with Gasteiger partial charge in [-0.3, -0.25) is 0 Å². The number of hydrogen-bond acceptors (Lipinski definition) is 3. The van der Waals surface area contributed by atoms with E-state index in [2.05, 4.69) is 9.97 Å². The van der Waals surface area contributed by atoms with E-state index in [0.29, 0.717) is 12.8 Å². The minimum atomic E-state index is -1.28. The number of aliphatic carboxylic acids is 2. The monoisotopic (exact) mass is 390 g/mol. The van der Waals surface area contributed by atoms with E-state index in [1.165, 1.54) is 0 Å². The van der Waals surface area contributed by atoms with E-state index in [0.717, 1.165) is 34.2 Å². The molecular formula is C23H22N2O4. The van der Waals surface area contributed by atoms with Gasteiger partial charge in [0, 0.05) is 17.7 Å². The van der Waals surface area contributed by atoms with Crippen LogP contribution in [0.25, 0.3) is 11.1 Å². The molecule has 3 aromatic rings. The van der Waals surface area contributed by atoms with Gasteiger partial charge < -0.3 is 15.2 Å². The molecule has 0 amide bonds.